The van der Waals surface area contributed by atoms with Gasteiger partial charge in [-0.1, -0.05) is 134 Å². The van der Waals surface area contributed by atoms with E-state index in [2.05, 4.69) is 44.1 Å². The number of benzene rings is 8. The number of aromatic nitrogens is 8. The number of amides is 4. The van der Waals surface area contributed by atoms with Crippen molar-refractivity contribution in [3.63, 3.8) is 0 Å². The van der Waals surface area contributed by atoms with E-state index in [-0.39, 0.29) is 70.2 Å². The maximum absolute atomic E-state index is 15.1. The Morgan fingerprint density at radius 3 is 1.25 bits per heavy atom. The number of nitrogens with zero attached hydrogens (tertiary/aromatic N) is 16. The summed E-state index contributed by atoms with van der Waals surface area (Å²) in [4.78, 5) is 109. The van der Waals surface area contributed by atoms with Crippen LogP contribution >= 0.6 is 0 Å². The Kier molecular flexibility index (Phi) is 33.0. The first kappa shape index (κ1) is 98.9. The summed E-state index contributed by atoms with van der Waals surface area (Å²) in [6.45, 7) is 29.2. The van der Waals surface area contributed by atoms with Crippen molar-refractivity contribution >= 4 is 58.8 Å². The van der Waals surface area contributed by atoms with Crippen molar-refractivity contribution in [1.29, 1.82) is 0 Å². The predicted molar refractivity (Wildman–Crippen MR) is 531 cm³/mol. The lowest BCUT2D eigenvalue weighted by molar-refractivity contribution is 0.0687. The number of aryl methyl sites for hydroxylation is 4. The van der Waals surface area contributed by atoms with Crippen molar-refractivity contribution in [2.24, 2.45) is 11.8 Å². The Labute approximate surface area is 805 Å². The van der Waals surface area contributed by atoms with E-state index in [0.29, 0.717) is 201 Å². The number of methoxy groups -OCH3 is 2. The molecule has 6 aliphatic rings. The number of halogens is 4. The third kappa shape index (κ3) is 23.6. The molecule has 2 atom stereocenters. The van der Waals surface area contributed by atoms with Crippen molar-refractivity contribution < 1.29 is 60.4 Å². The molecular formula is C109H122F4N16O9. The fourth-order valence-electron chi connectivity index (χ4n) is 18.3. The Morgan fingerprint density at radius 2 is 0.804 bits per heavy atom. The number of carbonyl (C=O) groups excluding carboxylic acids is 4. The summed E-state index contributed by atoms with van der Waals surface area (Å²) < 4.78 is 86.9. The lowest BCUT2D eigenvalue weighted by Gasteiger charge is -2.41. The van der Waals surface area contributed by atoms with Crippen LogP contribution in [0.1, 0.15) is 162 Å². The molecule has 4 saturated heterocycles. The molecule has 12 aromatic rings. The largest absolute Gasteiger partial charge is 0.497 e. The molecule has 8 heterocycles. The third-order valence-corrected chi connectivity index (χ3v) is 25.8. The van der Waals surface area contributed by atoms with Gasteiger partial charge < -0.3 is 62.9 Å². The first-order valence-electron chi connectivity index (χ1n) is 47.7. The van der Waals surface area contributed by atoms with Crippen LogP contribution in [0, 0.1) is 62.8 Å². The van der Waals surface area contributed by atoms with Crippen molar-refractivity contribution in [2.75, 3.05) is 136 Å². The van der Waals surface area contributed by atoms with E-state index in [0.717, 1.165) is 55.1 Å². The lowest BCUT2D eigenvalue weighted by atomic mass is 9.75. The summed E-state index contributed by atoms with van der Waals surface area (Å²) in [6, 6.07) is 58.3. The minimum absolute atomic E-state index is 0.0653. The highest BCUT2D eigenvalue weighted by Gasteiger charge is 2.39. The minimum atomic E-state index is -0.444. The molecule has 2 saturated carbocycles. The average molecular weight is 1880 g/mol. The topological polar surface area (TPSA) is 243 Å². The first-order valence-corrected chi connectivity index (χ1v) is 47.7. The smallest absolute Gasteiger partial charge is 0.262 e. The van der Waals surface area contributed by atoms with Crippen LogP contribution < -0.4 is 38.9 Å². The van der Waals surface area contributed by atoms with Gasteiger partial charge in [-0.05, 0) is 203 Å². The predicted octanol–water partition coefficient (Wildman–Crippen LogP) is 19.9. The zero-order chi connectivity index (χ0) is 97.2. The van der Waals surface area contributed by atoms with Crippen LogP contribution in [0.4, 0.5) is 52.7 Å². The molecule has 138 heavy (non-hydrogen) atoms. The van der Waals surface area contributed by atoms with Crippen LogP contribution in [0.5, 0.6) is 11.5 Å². The fraction of sp³-hybridized carbons (Fsp3) is 0.376. The van der Waals surface area contributed by atoms with Gasteiger partial charge in [0.15, 0.2) is 0 Å². The molecule has 0 spiro atoms. The van der Waals surface area contributed by atoms with Gasteiger partial charge in [-0.2, -0.15) is 0 Å². The molecule has 4 aromatic heterocycles. The van der Waals surface area contributed by atoms with E-state index < -0.39 is 23.3 Å². The minimum Gasteiger partial charge on any atom is -0.497 e. The summed E-state index contributed by atoms with van der Waals surface area (Å²) >= 11 is 0. The van der Waals surface area contributed by atoms with Crippen molar-refractivity contribution in [2.45, 2.75) is 151 Å². The van der Waals surface area contributed by atoms with Crippen LogP contribution in [0.2, 0.25) is 0 Å². The van der Waals surface area contributed by atoms with Gasteiger partial charge in [0.05, 0.1) is 116 Å². The van der Waals surface area contributed by atoms with E-state index in [1.807, 2.05) is 148 Å². The fourth-order valence-corrected chi connectivity index (χ4v) is 18.3. The highest BCUT2D eigenvalue weighted by molar-refractivity contribution is 6.12. The number of rotatable bonds is 24. The second-order valence-electron chi connectivity index (χ2n) is 36.3. The maximum Gasteiger partial charge on any atom is 0.262 e. The Morgan fingerprint density at radius 1 is 0.384 bits per heavy atom. The SMILES string of the molecule is COc1ccc(N(C(=O)c2cnc(N3CCC4CCCCC4C3)nc2-c2ccccc2F)C(C)C)cc1.COc1cccc(N(C(=O)c2c(C)nc(N3CCOCC3)nc2-c2ccccc2F)C(C)C)c1.Cc1ccc(CN(C(=O)c2c(C)nc(N3CCOCC3)nc2-c2ccccc2F)C2CC2)cc1.Cc1nc(N2CCOCC2)nc(-c2ccccc2F)c1C(=O)N(Cc1ccccc1)C(C)C. The van der Waals surface area contributed by atoms with Crippen LogP contribution in [0.25, 0.3) is 45.0 Å². The number of carbonyl (C=O) groups is 4. The molecule has 2 unspecified atom stereocenters. The number of hydrogen-bond donors (Lipinski definition) is 0. The molecular weight excluding hydrogens is 1750 g/mol. The van der Waals surface area contributed by atoms with Gasteiger partial charge in [0, 0.05) is 136 Å². The molecule has 0 bridgehead atoms. The van der Waals surface area contributed by atoms with E-state index in [1.165, 1.54) is 55.5 Å². The Bertz CT molecular complexity index is 6220. The summed E-state index contributed by atoms with van der Waals surface area (Å²) in [5.41, 5.74) is 10.0. The number of anilines is 6. The Hall–Kier alpha value is -13.6. The van der Waals surface area contributed by atoms with Gasteiger partial charge in [-0.15, -0.1) is 0 Å². The lowest BCUT2D eigenvalue weighted by Crippen LogP contribution is -2.42. The highest BCUT2D eigenvalue weighted by Crippen LogP contribution is 2.42. The van der Waals surface area contributed by atoms with Crippen LogP contribution in [-0.2, 0) is 27.3 Å². The molecule has 4 aliphatic heterocycles. The van der Waals surface area contributed by atoms with E-state index in [4.69, 9.17) is 48.6 Å². The summed E-state index contributed by atoms with van der Waals surface area (Å²) in [6.07, 6.45) is 9.80. The summed E-state index contributed by atoms with van der Waals surface area (Å²) in [5.74, 6) is 2.21. The number of piperidine rings is 1. The Balaban J connectivity index is 0.000000140. The number of ether oxygens (including phenoxy) is 5. The van der Waals surface area contributed by atoms with Gasteiger partial charge in [-0.25, -0.2) is 57.4 Å². The monoisotopic (exact) mass is 1870 g/mol. The molecule has 2 aliphatic carbocycles. The molecule has 0 N–H and O–H groups in total. The van der Waals surface area contributed by atoms with E-state index >= 15 is 4.39 Å². The van der Waals surface area contributed by atoms with Crippen molar-refractivity contribution in [1.82, 2.24) is 49.7 Å². The second kappa shape index (κ2) is 46.0. The quantitative estimate of drug-likeness (QED) is 0.0510. The molecule has 6 fully saturated rings. The normalized spacial score (nSPS) is 15.8. The van der Waals surface area contributed by atoms with Gasteiger partial charge in [0.25, 0.3) is 23.6 Å². The average Bonchev–Trinajstić information content (AvgIpc) is 1.33. The van der Waals surface area contributed by atoms with Crippen LogP contribution in [0.3, 0.4) is 0 Å². The number of morpholine rings is 3. The zero-order valence-corrected chi connectivity index (χ0v) is 80.7. The molecule has 25 nitrogen and oxygen atoms in total. The molecule has 29 heteroatoms. The van der Waals surface area contributed by atoms with Crippen LogP contribution in [0.15, 0.2) is 206 Å². The van der Waals surface area contributed by atoms with Crippen LogP contribution in [-0.4, -0.2) is 204 Å². The second-order valence-corrected chi connectivity index (χ2v) is 36.3. The third-order valence-electron chi connectivity index (χ3n) is 25.8. The van der Waals surface area contributed by atoms with Crippen molar-refractivity contribution in [3.05, 3.63) is 286 Å². The van der Waals surface area contributed by atoms with E-state index in [1.54, 1.807) is 128 Å². The molecule has 720 valence electrons. The summed E-state index contributed by atoms with van der Waals surface area (Å²) in [7, 11) is 3.19. The van der Waals surface area contributed by atoms with Gasteiger partial charge in [-0.3, -0.25) is 19.2 Å². The highest BCUT2D eigenvalue weighted by atomic mass is 19.1. The molecule has 0 radical (unpaired) electrons. The molecule has 18 rings (SSSR count). The zero-order valence-electron chi connectivity index (χ0n) is 80.7. The molecule has 8 aromatic carbocycles. The van der Waals surface area contributed by atoms with Gasteiger partial charge >= 0.3 is 0 Å². The number of fused-ring (bicyclic) bond motifs is 1. The van der Waals surface area contributed by atoms with Crippen molar-refractivity contribution in [3.8, 4) is 56.5 Å². The standard InChI is InChI=1S/C30H35FN4O2.C27H29FN4O2.C26H29FN4O3.C26H29FN4O2/c1-20(2)35(23-12-14-24(37-3)15-13-23)29(36)26-18-32-30(33-28(26)25-10-6-7-11-27(25)31)34-17-16-21-8-4-5-9-22(21)19-34;1-18-7-9-20(10-8-18)17-32(21-11-12-21)26(33)24-19(2)29-27(31-13-15-34-16-14-31)30-25(24)22-5-3-4-6-23(22)28;1-17(2)31(19-8-7-9-20(16-19)33-4)25(32)23-18(3)28-26(30-12-14-34-15-13-30)29-24(23)21-10-5-6-11-22(21)27;1-18(2)31(17-20-9-5-4-6-10-20)25(32)23-19(3)28-26(30-13-15-33-16-14-30)29-24(23)21-11-7-8-12-22(21)27/h6-7,10-15,18,20-22H,4-5,8-9,16-17,19H2,1-3H3;3-10,21H,11-17H2,1-2H3;5-11,16-17H,12-15H2,1-4H3;4-12,18H,13-17H2,1-3H3. The summed E-state index contributed by atoms with van der Waals surface area (Å²) in [5, 5.41) is 0. The first-order chi connectivity index (χ1) is 66.8. The van der Waals surface area contributed by atoms with Gasteiger partial charge in [0.2, 0.25) is 23.8 Å². The van der Waals surface area contributed by atoms with E-state index in [9.17, 15) is 32.3 Å². The molecule has 4 amide bonds. The van der Waals surface area contributed by atoms with Gasteiger partial charge in [0.1, 0.15) is 34.8 Å². The maximum atomic E-state index is 15.1. The number of hydrogen-bond acceptors (Lipinski definition) is 21.